The molecule has 2 aliphatic carbocycles. The lowest BCUT2D eigenvalue weighted by Crippen LogP contribution is -2.48. The van der Waals surface area contributed by atoms with Crippen LogP contribution >= 0.6 is 0 Å². The first-order chi connectivity index (χ1) is 17.9. The van der Waals surface area contributed by atoms with Gasteiger partial charge in [-0.25, -0.2) is 4.39 Å². The Morgan fingerprint density at radius 2 is 2.03 bits per heavy atom. The monoisotopic (exact) mass is 503 g/mol. The van der Waals surface area contributed by atoms with Crippen LogP contribution in [0, 0.1) is 0 Å². The number of carbonyl (C=O) groups excluding carboxylic acids is 1. The molecule has 3 aliphatic rings. The molecule has 0 bridgehead atoms. The lowest BCUT2D eigenvalue weighted by molar-refractivity contribution is -0.00695. The van der Waals surface area contributed by atoms with E-state index >= 15 is 0 Å². The number of aromatic nitrogens is 3. The number of hydrogen-bond donors (Lipinski definition) is 1. The van der Waals surface area contributed by atoms with Crippen molar-refractivity contribution in [3.05, 3.63) is 76.4 Å². The van der Waals surface area contributed by atoms with Crippen molar-refractivity contribution >= 4 is 11.6 Å². The van der Waals surface area contributed by atoms with Gasteiger partial charge in [0.2, 0.25) is 0 Å². The Hall–Kier alpha value is -3.10. The molecular weight excluding hydrogens is 469 g/mol. The van der Waals surface area contributed by atoms with Crippen LogP contribution in [-0.2, 0) is 37.0 Å². The quantitative estimate of drug-likeness (QED) is 0.488. The Kier molecular flexibility index (Phi) is 5.92. The number of hydrogen-bond acceptors (Lipinski definition) is 5. The van der Waals surface area contributed by atoms with E-state index < -0.39 is 6.67 Å². The molecule has 8 heteroatoms. The zero-order valence-electron chi connectivity index (χ0n) is 21.8. The highest BCUT2D eigenvalue weighted by molar-refractivity contribution is 6.10. The van der Waals surface area contributed by atoms with E-state index in [2.05, 4.69) is 34.6 Å². The molecule has 2 aromatic carbocycles. The summed E-state index contributed by atoms with van der Waals surface area (Å²) in [7, 11) is 3.69. The zero-order chi connectivity index (χ0) is 25.8. The lowest BCUT2D eigenvalue weighted by Gasteiger charge is -2.46. The fourth-order valence-electron chi connectivity index (χ4n) is 6.30. The first-order valence-corrected chi connectivity index (χ1v) is 13.1. The smallest absolute Gasteiger partial charge is 0.258 e. The maximum absolute atomic E-state index is 14.1. The third-order valence-corrected chi connectivity index (χ3v) is 8.85. The summed E-state index contributed by atoms with van der Waals surface area (Å²) < 4.78 is 21.7. The Morgan fingerprint density at radius 3 is 2.68 bits per heavy atom. The second-order valence-corrected chi connectivity index (χ2v) is 11.2. The summed E-state index contributed by atoms with van der Waals surface area (Å²) in [4.78, 5) is 15.4. The average molecular weight is 504 g/mol. The van der Waals surface area contributed by atoms with Crippen molar-refractivity contribution in [1.29, 1.82) is 0 Å². The molecule has 0 radical (unpaired) electrons. The zero-order valence-corrected chi connectivity index (χ0v) is 21.8. The molecule has 7 nitrogen and oxygen atoms in total. The molecule has 0 spiro atoms. The number of fused-ring (bicyclic) bond motifs is 1. The summed E-state index contributed by atoms with van der Waals surface area (Å²) >= 11 is 0. The molecule has 1 aromatic heterocycles. The second-order valence-electron chi connectivity index (χ2n) is 11.2. The van der Waals surface area contributed by atoms with E-state index in [-0.39, 0.29) is 23.0 Å². The van der Waals surface area contributed by atoms with Gasteiger partial charge in [0.25, 0.3) is 5.91 Å². The Bertz CT molecular complexity index is 1340. The van der Waals surface area contributed by atoms with Crippen LogP contribution in [0.3, 0.4) is 0 Å². The third kappa shape index (κ3) is 3.97. The van der Waals surface area contributed by atoms with Crippen LogP contribution in [0.5, 0.6) is 0 Å². The average Bonchev–Trinajstić information content (AvgIpc) is 3.44. The minimum absolute atomic E-state index is 0.0744. The van der Waals surface area contributed by atoms with Crippen molar-refractivity contribution in [2.45, 2.75) is 75.8 Å². The van der Waals surface area contributed by atoms with E-state index in [1.165, 1.54) is 6.42 Å². The molecule has 0 unspecified atom stereocenters. The fraction of sp³-hybridized carbons (Fsp3) is 0.483. The van der Waals surface area contributed by atoms with Crippen molar-refractivity contribution in [3.8, 4) is 0 Å². The van der Waals surface area contributed by atoms with Crippen molar-refractivity contribution in [1.82, 2.24) is 20.1 Å². The van der Waals surface area contributed by atoms with Crippen LogP contribution < -0.4 is 10.2 Å². The number of anilines is 1. The SMILES string of the molecule is COC1CC(c2cccc(N3Cc4c(CF)cc(CNC5(C)CCC5)cc4C3=O)c2)(c2nncn2C)C1. The number of amides is 1. The lowest BCUT2D eigenvalue weighted by atomic mass is 9.62. The number of benzene rings is 2. The van der Waals surface area contributed by atoms with E-state index in [1.807, 2.05) is 35.9 Å². The van der Waals surface area contributed by atoms with Gasteiger partial charge in [-0.05, 0) is 79.5 Å². The molecule has 37 heavy (non-hydrogen) atoms. The topological polar surface area (TPSA) is 72.3 Å². The molecule has 0 saturated heterocycles. The summed E-state index contributed by atoms with van der Waals surface area (Å²) in [6.45, 7) is 2.66. The number of alkyl halides is 1. The summed E-state index contributed by atoms with van der Waals surface area (Å²) in [5.74, 6) is 0.820. The second kappa shape index (κ2) is 9.03. The molecule has 194 valence electrons. The van der Waals surface area contributed by atoms with Gasteiger partial charge in [-0.1, -0.05) is 18.2 Å². The normalized spacial score (nSPS) is 24.1. The van der Waals surface area contributed by atoms with Gasteiger partial charge in [0.05, 0.1) is 18.1 Å². The van der Waals surface area contributed by atoms with Crippen molar-refractivity contribution in [2.24, 2.45) is 7.05 Å². The minimum Gasteiger partial charge on any atom is -0.381 e. The number of nitrogens with zero attached hydrogens (tertiary/aromatic N) is 4. The third-order valence-electron chi connectivity index (χ3n) is 8.85. The van der Waals surface area contributed by atoms with Gasteiger partial charge in [0, 0.05) is 37.5 Å². The first kappa shape index (κ1) is 24.2. The number of methoxy groups -OCH3 is 1. The van der Waals surface area contributed by atoms with Crippen LogP contribution in [0.4, 0.5) is 10.1 Å². The van der Waals surface area contributed by atoms with Crippen LogP contribution in [0.25, 0.3) is 0 Å². The van der Waals surface area contributed by atoms with Crippen molar-refractivity contribution in [3.63, 3.8) is 0 Å². The number of halogens is 1. The van der Waals surface area contributed by atoms with Gasteiger partial charge in [0.15, 0.2) is 0 Å². The summed E-state index contributed by atoms with van der Waals surface area (Å²) in [6.07, 6.45) is 7.01. The van der Waals surface area contributed by atoms with Gasteiger partial charge >= 0.3 is 0 Å². The van der Waals surface area contributed by atoms with Crippen molar-refractivity contribution in [2.75, 3.05) is 12.0 Å². The molecule has 3 aromatic rings. The molecule has 2 saturated carbocycles. The number of rotatable bonds is 8. The Balaban J connectivity index is 1.30. The predicted octanol–water partition coefficient (Wildman–Crippen LogP) is 4.57. The highest BCUT2D eigenvalue weighted by atomic mass is 19.1. The van der Waals surface area contributed by atoms with Gasteiger partial charge in [-0.3, -0.25) is 4.79 Å². The molecular formula is C29H34FN5O2. The van der Waals surface area contributed by atoms with Crippen LogP contribution in [0.1, 0.15) is 77.5 Å². The van der Waals surface area contributed by atoms with Gasteiger partial charge in [-0.15, -0.1) is 10.2 Å². The number of ether oxygens (including phenoxy) is 1. The standard InChI is InChI=1S/C29H34FN5O2/c1-28(8-5-9-28)31-16-19-10-20(15-30)25-17-35(26(36)24(25)11-19)22-7-4-6-21(12-22)29(13-23(14-29)37-3)27-33-32-18-34(27)2/h4,6-7,10-12,18,23,31H,5,8-9,13-17H2,1-3H3. The van der Waals surface area contributed by atoms with E-state index in [1.54, 1.807) is 18.3 Å². The molecule has 6 rings (SSSR count). The molecule has 1 N–H and O–H groups in total. The largest absolute Gasteiger partial charge is 0.381 e. The Morgan fingerprint density at radius 1 is 1.22 bits per heavy atom. The first-order valence-electron chi connectivity index (χ1n) is 13.1. The highest BCUT2D eigenvalue weighted by Gasteiger charge is 2.50. The minimum atomic E-state index is -0.581. The van der Waals surface area contributed by atoms with Crippen molar-refractivity contribution < 1.29 is 13.9 Å². The van der Waals surface area contributed by atoms with E-state index in [9.17, 15) is 9.18 Å². The molecule has 0 atom stereocenters. The van der Waals surface area contributed by atoms with Gasteiger partial charge < -0.3 is 19.5 Å². The number of carbonyl (C=O) groups is 1. The number of nitrogens with one attached hydrogen (secondary N) is 1. The highest BCUT2D eigenvalue weighted by Crippen LogP contribution is 2.50. The van der Waals surface area contributed by atoms with Crippen LogP contribution in [0.2, 0.25) is 0 Å². The predicted molar refractivity (Wildman–Crippen MR) is 139 cm³/mol. The van der Waals surface area contributed by atoms with Crippen LogP contribution in [-0.4, -0.2) is 39.4 Å². The Labute approximate surface area is 217 Å². The van der Waals surface area contributed by atoms with Gasteiger partial charge in [-0.2, -0.15) is 0 Å². The van der Waals surface area contributed by atoms with E-state index in [0.29, 0.717) is 24.2 Å². The fourth-order valence-corrected chi connectivity index (χ4v) is 6.30. The molecule has 1 amide bonds. The number of aryl methyl sites for hydroxylation is 1. The maximum atomic E-state index is 14.1. The molecule has 2 fully saturated rings. The summed E-state index contributed by atoms with van der Waals surface area (Å²) in [5, 5.41) is 12.2. The van der Waals surface area contributed by atoms with Gasteiger partial charge in [0.1, 0.15) is 18.8 Å². The molecule has 1 aliphatic heterocycles. The molecule has 2 heterocycles. The van der Waals surface area contributed by atoms with Crippen LogP contribution in [0.15, 0.2) is 42.7 Å². The van der Waals surface area contributed by atoms with E-state index in [0.717, 1.165) is 53.9 Å². The summed E-state index contributed by atoms with van der Waals surface area (Å²) in [6, 6.07) is 12.0. The van der Waals surface area contributed by atoms with E-state index in [4.69, 9.17) is 4.74 Å². The maximum Gasteiger partial charge on any atom is 0.258 e. The summed E-state index contributed by atoms with van der Waals surface area (Å²) in [5.41, 5.74) is 4.70.